The molecule has 0 atom stereocenters. The molecular weight excluding hydrogens is 180 g/mol. The highest BCUT2D eigenvalue weighted by Crippen LogP contribution is 2.21. The summed E-state index contributed by atoms with van der Waals surface area (Å²) in [7, 11) is 1.72. The number of nitrogens with one attached hydrogen (secondary N) is 1. The third-order valence-electron chi connectivity index (χ3n) is 2.01. The molecule has 0 radical (unpaired) electrons. The SMILES string of the molecule is Cn1nc(C(C)(C)C)cc1C(=O)NN. The van der Waals surface area contributed by atoms with Crippen LogP contribution in [0.5, 0.6) is 0 Å². The van der Waals surface area contributed by atoms with Gasteiger partial charge in [0.05, 0.1) is 5.69 Å². The number of aromatic nitrogens is 2. The fourth-order valence-corrected chi connectivity index (χ4v) is 1.12. The van der Waals surface area contributed by atoms with Crippen LogP contribution in [-0.4, -0.2) is 15.7 Å². The molecule has 1 heterocycles. The van der Waals surface area contributed by atoms with E-state index in [1.807, 2.05) is 20.8 Å². The Morgan fingerprint density at radius 2 is 2.14 bits per heavy atom. The highest BCUT2D eigenvalue weighted by molar-refractivity contribution is 5.92. The monoisotopic (exact) mass is 196 g/mol. The summed E-state index contributed by atoms with van der Waals surface area (Å²) in [6.07, 6.45) is 0. The first kappa shape index (κ1) is 10.7. The van der Waals surface area contributed by atoms with Gasteiger partial charge in [-0.1, -0.05) is 20.8 Å². The number of hydrazine groups is 1. The van der Waals surface area contributed by atoms with E-state index in [9.17, 15) is 4.79 Å². The van der Waals surface area contributed by atoms with Gasteiger partial charge in [0.1, 0.15) is 5.69 Å². The Hall–Kier alpha value is -1.36. The Kier molecular flexibility index (Phi) is 2.62. The summed E-state index contributed by atoms with van der Waals surface area (Å²) in [4.78, 5) is 11.3. The minimum absolute atomic E-state index is 0.0646. The van der Waals surface area contributed by atoms with Gasteiger partial charge in [0.15, 0.2) is 0 Å². The van der Waals surface area contributed by atoms with Crippen molar-refractivity contribution in [1.82, 2.24) is 15.2 Å². The molecule has 1 amide bonds. The van der Waals surface area contributed by atoms with E-state index >= 15 is 0 Å². The molecule has 0 bridgehead atoms. The zero-order valence-electron chi connectivity index (χ0n) is 8.96. The van der Waals surface area contributed by atoms with Crippen molar-refractivity contribution in [2.24, 2.45) is 12.9 Å². The summed E-state index contributed by atoms with van der Waals surface area (Å²) in [5.74, 6) is 4.73. The molecule has 0 saturated heterocycles. The van der Waals surface area contributed by atoms with Crippen LogP contribution in [0.1, 0.15) is 37.0 Å². The second kappa shape index (κ2) is 3.42. The van der Waals surface area contributed by atoms with Crippen molar-refractivity contribution in [3.05, 3.63) is 17.5 Å². The molecule has 3 N–H and O–H groups in total. The van der Waals surface area contributed by atoms with Crippen molar-refractivity contribution < 1.29 is 4.79 Å². The lowest BCUT2D eigenvalue weighted by molar-refractivity contribution is 0.0944. The average Bonchev–Trinajstić information content (AvgIpc) is 2.45. The average molecular weight is 196 g/mol. The van der Waals surface area contributed by atoms with E-state index in [4.69, 9.17) is 5.84 Å². The fraction of sp³-hybridized carbons (Fsp3) is 0.556. The van der Waals surface area contributed by atoms with Crippen molar-refractivity contribution in [3.63, 3.8) is 0 Å². The number of carbonyl (C=O) groups excluding carboxylic acids is 1. The number of hydrogen-bond acceptors (Lipinski definition) is 3. The van der Waals surface area contributed by atoms with Crippen LogP contribution in [0.25, 0.3) is 0 Å². The zero-order valence-corrected chi connectivity index (χ0v) is 8.96. The van der Waals surface area contributed by atoms with Crippen LogP contribution in [0.3, 0.4) is 0 Å². The predicted molar refractivity (Wildman–Crippen MR) is 53.6 cm³/mol. The van der Waals surface area contributed by atoms with E-state index in [1.165, 1.54) is 4.68 Å². The Labute approximate surface area is 83.2 Å². The maximum Gasteiger partial charge on any atom is 0.283 e. The normalized spacial score (nSPS) is 11.5. The van der Waals surface area contributed by atoms with Gasteiger partial charge in [-0.05, 0) is 6.07 Å². The fourth-order valence-electron chi connectivity index (χ4n) is 1.12. The number of aryl methyl sites for hydroxylation is 1. The van der Waals surface area contributed by atoms with Crippen LogP contribution in [0, 0.1) is 0 Å². The quantitative estimate of drug-likeness (QED) is 0.386. The molecular formula is C9H16N4O. The molecule has 0 aliphatic heterocycles. The minimum atomic E-state index is -0.324. The molecule has 0 unspecified atom stereocenters. The number of nitrogens with zero attached hydrogens (tertiary/aromatic N) is 2. The molecule has 1 rings (SSSR count). The largest absolute Gasteiger partial charge is 0.289 e. The van der Waals surface area contributed by atoms with E-state index < -0.39 is 0 Å². The molecule has 1 aromatic heterocycles. The zero-order chi connectivity index (χ0) is 10.9. The number of nitrogen functional groups attached to an aromatic ring is 1. The topological polar surface area (TPSA) is 72.9 Å². The molecule has 0 aromatic carbocycles. The van der Waals surface area contributed by atoms with Gasteiger partial charge >= 0.3 is 0 Å². The van der Waals surface area contributed by atoms with Crippen molar-refractivity contribution in [1.29, 1.82) is 0 Å². The Balaban J connectivity index is 3.12. The number of carbonyl (C=O) groups is 1. The first-order valence-corrected chi connectivity index (χ1v) is 4.41. The van der Waals surface area contributed by atoms with E-state index in [0.29, 0.717) is 5.69 Å². The molecule has 0 fully saturated rings. The van der Waals surface area contributed by atoms with E-state index in [1.54, 1.807) is 13.1 Å². The number of amides is 1. The molecule has 0 spiro atoms. The number of nitrogens with two attached hydrogens (primary N) is 1. The summed E-state index contributed by atoms with van der Waals surface area (Å²) in [5, 5.41) is 4.25. The first-order valence-electron chi connectivity index (χ1n) is 4.41. The van der Waals surface area contributed by atoms with E-state index in [-0.39, 0.29) is 11.3 Å². The highest BCUT2D eigenvalue weighted by Gasteiger charge is 2.20. The molecule has 78 valence electrons. The highest BCUT2D eigenvalue weighted by atomic mass is 16.2. The Morgan fingerprint density at radius 3 is 2.50 bits per heavy atom. The Bertz CT molecular complexity index is 348. The molecule has 14 heavy (non-hydrogen) atoms. The van der Waals surface area contributed by atoms with Gasteiger partial charge in [-0.2, -0.15) is 5.10 Å². The van der Waals surface area contributed by atoms with Gasteiger partial charge in [0.2, 0.25) is 0 Å². The predicted octanol–water partition coefficient (Wildman–Crippen LogP) is 0.321. The molecule has 0 aliphatic rings. The summed E-state index contributed by atoms with van der Waals surface area (Å²) in [5.41, 5.74) is 3.37. The van der Waals surface area contributed by atoms with Crippen LogP contribution >= 0.6 is 0 Å². The molecule has 5 nitrogen and oxygen atoms in total. The van der Waals surface area contributed by atoms with Crippen molar-refractivity contribution in [3.8, 4) is 0 Å². The second-order valence-corrected chi connectivity index (χ2v) is 4.26. The molecule has 1 aromatic rings. The molecule has 5 heteroatoms. The standard InChI is InChI=1S/C9H16N4O/c1-9(2,3)7-5-6(8(14)11-10)13(4)12-7/h5H,10H2,1-4H3,(H,11,14). The lowest BCUT2D eigenvalue weighted by Crippen LogP contribution is -2.31. The van der Waals surface area contributed by atoms with Gasteiger partial charge in [-0.25, -0.2) is 5.84 Å². The summed E-state index contributed by atoms with van der Waals surface area (Å²) in [6.45, 7) is 6.12. The third-order valence-corrected chi connectivity index (χ3v) is 2.01. The summed E-state index contributed by atoms with van der Waals surface area (Å²) in [6, 6.07) is 1.75. The Morgan fingerprint density at radius 1 is 1.57 bits per heavy atom. The van der Waals surface area contributed by atoms with Gasteiger partial charge in [0, 0.05) is 12.5 Å². The smallest absolute Gasteiger partial charge is 0.283 e. The lowest BCUT2D eigenvalue weighted by Gasteiger charge is -2.13. The molecule has 0 aliphatic carbocycles. The van der Waals surface area contributed by atoms with Crippen molar-refractivity contribution >= 4 is 5.91 Å². The molecule has 0 saturated carbocycles. The van der Waals surface area contributed by atoms with E-state index in [0.717, 1.165) is 5.69 Å². The summed E-state index contributed by atoms with van der Waals surface area (Å²) >= 11 is 0. The maximum atomic E-state index is 11.3. The lowest BCUT2D eigenvalue weighted by atomic mass is 9.92. The van der Waals surface area contributed by atoms with Crippen LogP contribution in [0.15, 0.2) is 6.07 Å². The first-order chi connectivity index (χ1) is 6.36. The van der Waals surface area contributed by atoms with Gasteiger partial charge < -0.3 is 0 Å². The van der Waals surface area contributed by atoms with E-state index in [2.05, 4.69) is 10.5 Å². The van der Waals surface area contributed by atoms with Crippen LogP contribution < -0.4 is 11.3 Å². The minimum Gasteiger partial charge on any atom is -0.289 e. The van der Waals surface area contributed by atoms with Crippen molar-refractivity contribution in [2.75, 3.05) is 0 Å². The van der Waals surface area contributed by atoms with Crippen LogP contribution in [-0.2, 0) is 12.5 Å². The number of rotatable bonds is 1. The van der Waals surface area contributed by atoms with Crippen LogP contribution in [0.4, 0.5) is 0 Å². The second-order valence-electron chi connectivity index (χ2n) is 4.26. The van der Waals surface area contributed by atoms with Gasteiger partial charge in [-0.15, -0.1) is 0 Å². The summed E-state index contributed by atoms with van der Waals surface area (Å²) < 4.78 is 1.53. The maximum absolute atomic E-state index is 11.3. The third kappa shape index (κ3) is 1.93. The van der Waals surface area contributed by atoms with Crippen LogP contribution in [0.2, 0.25) is 0 Å². The number of hydrogen-bond donors (Lipinski definition) is 2. The van der Waals surface area contributed by atoms with Crippen molar-refractivity contribution in [2.45, 2.75) is 26.2 Å². The van der Waals surface area contributed by atoms with Gasteiger partial charge in [0.25, 0.3) is 5.91 Å². The van der Waals surface area contributed by atoms with Gasteiger partial charge in [-0.3, -0.25) is 14.9 Å².